The first kappa shape index (κ1) is 15.7. The Hall–Kier alpha value is -1.67. The topological polar surface area (TPSA) is 83.7 Å². The predicted molar refractivity (Wildman–Crippen MR) is 76.9 cm³/mol. The Balaban J connectivity index is 2.12. The summed E-state index contributed by atoms with van der Waals surface area (Å²) in [5, 5.41) is 0. The molecule has 2 N–H and O–H groups in total. The van der Waals surface area contributed by atoms with Crippen molar-refractivity contribution in [2.45, 2.75) is 4.90 Å². The fourth-order valence-electron chi connectivity index (χ4n) is 2.16. The van der Waals surface area contributed by atoms with Crippen LogP contribution in [0.1, 0.15) is 0 Å². The van der Waals surface area contributed by atoms with Crippen molar-refractivity contribution < 1.29 is 17.6 Å². The highest BCUT2D eigenvalue weighted by Gasteiger charge is 2.26. The number of sulfone groups is 1. The van der Waals surface area contributed by atoms with E-state index in [2.05, 4.69) is 4.90 Å². The lowest BCUT2D eigenvalue weighted by Crippen LogP contribution is -2.48. The van der Waals surface area contributed by atoms with Gasteiger partial charge in [-0.3, -0.25) is 4.79 Å². The van der Waals surface area contributed by atoms with E-state index in [1.54, 1.807) is 0 Å². The summed E-state index contributed by atoms with van der Waals surface area (Å²) in [6.07, 6.45) is 0. The number of halogens is 1. The van der Waals surface area contributed by atoms with E-state index in [9.17, 15) is 17.6 Å². The highest BCUT2D eigenvalue weighted by molar-refractivity contribution is 7.92. The maximum absolute atomic E-state index is 13.2. The van der Waals surface area contributed by atoms with Crippen LogP contribution in [0.15, 0.2) is 23.1 Å². The van der Waals surface area contributed by atoms with Gasteiger partial charge in [0.2, 0.25) is 5.91 Å². The second-order valence-corrected chi connectivity index (χ2v) is 7.15. The van der Waals surface area contributed by atoms with Gasteiger partial charge in [0.25, 0.3) is 0 Å². The lowest BCUT2D eigenvalue weighted by molar-refractivity contribution is -0.129. The molecule has 0 radical (unpaired) electrons. The first-order chi connectivity index (χ1) is 9.78. The van der Waals surface area contributed by atoms with Gasteiger partial charge in [-0.25, -0.2) is 12.8 Å². The van der Waals surface area contributed by atoms with Crippen LogP contribution in [-0.4, -0.2) is 63.1 Å². The maximum Gasteiger partial charge on any atom is 0.238 e. The van der Waals surface area contributed by atoms with Gasteiger partial charge in [-0.05, 0) is 25.2 Å². The number of benzene rings is 1. The number of piperazine rings is 1. The van der Waals surface area contributed by atoms with E-state index in [0.717, 1.165) is 18.2 Å². The van der Waals surface area contributed by atoms with Crippen molar-refractivity contribution in [1.82, 2.24) is 9.80 Å². The molecule has 2 rings (SSSR count). The smallest absolute Gasteiger partial charge is 0.238 e. The van der Waals surface area contributed by atoms with E-state index in [4.69, 9.17) is 5.73 Å². The van der Waals surface area contributed by atoms with Gasteiger partial charge in [-0.1, -0.05) is 0 Å². The molecule has 6 nitrogen and oxygen atoms in total. The quantitative estimate of drug-likeness (QED) is 0.791. The molecule has 1 aromatic carbocycles. The van der Waals surface area contributed by atoms with Crippen molar-refractivity contribution >= 4 is 21.4 Å². The molecule has 1 aromatic rings. The van der Waals surface area contributed by atoms with Gasteiger partial charge >= 0.3 is 0 Å². The number of carbonyl (C=O) groups excluding carboxylic acids is 1. The van der Waals surface area contributed by atoms with Crippen LogP contribution in [-0.2, 0) is 14.6 Å². The largest absolute Gasteiger partial charge is 0.399 e. The molecule has 116 valence electrons. The first-order valence-corrected chi connectivity index (χ1v) is 8.18. The van der Waals surface area contributed by atoms with Gasteiger partial charge < -0.3 is 15.5 Å². The number of carbonyl (C=O) groups is 1. The van der Waals surface area contributed by atoms with E-state index < -0.39 is 27.3 Å². The SMILES string of the molecule is CN1CCN(C(=O)CS(=O)(=O)c2cc(N)cc(F)c2)CC1. The molecule has 0 bridgehead atoms. The van der Waals surface area contributed by atoms with Gasteiger partial charge in [-0.15, -0.1) is 0 Å². The number of nitrogens with two attached hydrogens (primary N) is 1. The summed E-state index contributed by atoms with van der Waals surface area (Å²) in [5.74, 6) is -1.87. The second kappa shape index (κ2) is 5.98. The van der Waals surface area contributed by atoms with E-state index in [0.29, 0.717) is 26.2 Å². The highest BCUT2D eigenvalue weighted by Crippen LogP contribution is 2.18. The zero-order chi connectivity index (χ0) is 15.6. The molecule has 1 saturated heterocycles. The van der Waals surface area contributed by atoms with E-state index >= 15 is 0 Å². The number of likely N-dealkylation sites (N-methyl/N-ethyl adjacent to an activating group) is 1. The number of rotatable bonds is 3. The summed E-state index contributed by atoms with van der Waals surface area (Å²) in [6.45, 7) is 2.41. The molecule has 0 aliphatic carbocycles. The average molecular weight is 315 g/mol. The Morgan fingerprint density at radius 3 is 2.43 bits per heavy atom. The zero-order valence-corrected chi connectivity index (χ0v) is 12.6. The lowest BCUT2D eigenvalue weighted by atomic mass is 10.3. The molecule has 0 atom stereocenters. The molecule has 1 fully saturated rings. The first-order valence-electron chi connectivity index (χ1n) is 6.53. The molecule has 0 saturated carbocycles. The van der Waals surface area contributed by atoms with Gasteiger partial charge in [-0.2, -0.15) is 0 Å². The van der Waals surface area contributed by atoms with Crippen molar-refractivity contribution in [1.29, 1.82) is 0 Å². The number of hydrogen-bond acceptors (Lipinski definition) is 5. The Kier molecular flexibility index (Phi) is 4.48. The second-order valence-electron chi connectivity index (χ2n) is 5.16. The minimum atomic E-state index is -3.89. The molecule has 0 spiro atoms. The van der Waals surface area contributed by atoms with Gasteiger partial charge in [0.05, 0.1) is 4.90 Å². The van der Waals surface area contributed by atoms with Crippen molar-refractivity contribution in [3.05, 3.63) is 24.0 Å². The number of hydrogen-bond donors (Lipinski definition) is 1. The Labute approximate surface area is 123 Å². The lowest BCUT2D eigenvalue weighted by Gasteiger charge is -2.32. The maximum atomic E-state index is 13.2. The summed E-state index contributed by atoms with van der Waals surface area (Å²) in [5.41, 5.74) is 5.45. The minimum Gasteiger partial charge on any atom is -0.399 e. The molecular weight excluding hydrogens is 297 g/mol. The van der Waals surface area contributed by atoms with Crippen LogP contribution < -0.4 is 5.73 Å². The number of amides is 1. The van der Waals surface area contributed by atoms with Crippen molar-refractivity contribution in [2.75, 3.05) is 44.7 Å². The minimum absolute atomic E-state index is 0.0145. The van der Waals surface area contributed by atoms with E-state index in [-0.39, 0.29) is 10.6 Å². The standard InChI is InChI=1S/C13H18FN3O3S/c1-16-2-4-17(5-3-16)13(18)9-21(19,20)12-7-10(14)6-11(15)8-12/h6-8H,2-5,9,15H2,1H3. The van der Waals surface area contributed by atoms with Crippen LogP contribution in [0.5, 0.6) is 0 Å². The summed E-state index contributed by atoms with van der Waals surface area (Å²) in [4.78, 5) is 15.4. The van der Waals surface area contributed by atoms with Gasteiger partial charge in [0.15, 0.2) is 9.84 Å². The number of anilines is 1. The monoisotopic (exact) mass is 315 g/mol. The third kappa shape index (κ3) is 3.92. The van der Waals surface area contributed by atoms with Crippen molar-refractivity contribution in [3.8, 4) is 0 Å². The fourth-order valence-corrected chi connectivity index (χ4v) is 3.44. The van der Waals surface area contributed by atoms with Crippen molar-refractivity contribution in [2.24, 2.45) is 0 Å². The van der Waals surface area contributed by atoms with Crippen LogP contribution in [0.2, 0.25) is 0 Å². The molecule has 8 heteroatoms. The third-order valence-corrected chi connectivity index (χ3v) is 5.00. The summed E-state index contributed by atoms with van der Waals surface area (Å²) in [6, 6.07) is 3.07. The predicted octanol–water partition coefficient (Wildman–Crippen LogP) is -0.0444. The summed E-state index contributed by atoms with van der Waals surface area (Å²) < 4.78 is 37.6. The average Bonchev–Trinajstić information content (AvgIpc) is 2.37. The summed E-state index contributed by atoms with van der Waals surface area (Å²) >= 11 is 0. The highest BCUT2D eigenvalue weighted by atomic mass is 32.2. The molecule has 0 aromatic heterocycles. The molecular formula is C13H18FN3O3S. The van der Waals surface area contributed by atoms with Crippen LogP contribution >= 0.6 is 0 Å². The van der Waals surface area contributed by atoms with Crippen LogP contribution in [0.3, 0.4) is 0 Å². The zero-order valence-electron chi connectivity index (χ0n) is 11.8. The Morgan fingerprint density at radius 2 is 1.86 bits per heavy atom. The van der Waals surface area contributed by atoms with Gasteiger partial charge in [0, 0.05) is 31.9 Å². The van der Waals surface area contributed by atoms with Crippen LogP contribution in [0, 0.1) is 5.82 Å². The van der Waals surface area contributed by atoms with E-state index in [1.165, 1.54) is 4.90 Å². The van der Waals surface area contributed by atoms with Crippen molar-refractivity contribution in [3.63, 3.8) is 0 Å². The Bertz CT molecular complexity index is 620. The number of nitrogens with zero attached hydrogens (tertiary/aromatic N) is 2. The third-order valence-electron chi connectivity index (χ3n) is 3.42. The van der Waals surface area contributed by atoms with Gasteiger partial charge in [0.1, 0.15) is 11.6 Å². The van der Waals surface area contributed by atoms with Crippen LogP contribution in [0.25, 0.3) is 0 Å². The molecule has 21 heavy (non-hydrogen) atoms. The van der Waals surface area contributed by atoms with E-state index in [1.807, 2.05) is 7.05 Å². The summed E-state index contributed by atoms with van der Waals surface area (Å²) in [7, 11) is -1.95. The fraction of sp³-hybridized carbons (Fsp3) is 0.462. The Morgan fingerprint density at radius 1 is 1.24 bits per heavy atom. The molecule has 1 aliphatic rings. The van der Waals surface area contributed by atoms with Crippen LogP contribution in [0.4, 0.5) is 10.1 Å². The normalized spacial score (nSPS) is 17.0. The number of nitrogen functional groups attached to an aromatic ring is 1. The molecule has 0 unspecified atom stereocenters. The molecule has 1 heterocycles. The molecule has 1 aliphatic heterocycles. The molecule has 1 amide bonds.